The topological polar surface area (TPSA) is 51.1 Å². The van der Waals surface area contributed by atoms with E-state index >= 15 is 0 Å². The second-order valence-electron chi connectivity index (χ2n) is 5.52. The lowest BCUT2D eigenvalue weighted by atomic mass is 9.97. The Morgan fingerprint density at radius 1 is 1.23 bits per heavy atom. The molecule has 3 heterocycles. The molecule has 6 heteroatoms. The van der Waals surface area contributed by atoms with Crippen LogP contribution in [0.4, 0.5) is 5.69 Å². The van der Waals surface area contributed by atoms with E-state index < -0.39 is 0 Å². The molecule has 0 aliphatic carbocycles. The molecule has 3 rings (SSSR count). The highest BCUT2D eigenvalue weighted by Crippen LogP contribution is 2.29. The fourth-order valence-corrected chi connectivity index (χ4v) is 2.94. The molecule has 1 fully saturated rings. The third-order valence-electron chi connectivity index (χ3n) is 4.00. The smallest absolute Gasteiger partial charge is 0.235 e. The maximum Gasteiger partial charge on any atom is 0.235 e. The van der Waals surface area contributed by atoms with Crippen LogP contribution in [0.5, 0.6) is 5.88 Å². The maximum atomic E-state index is 6.21. The number of aryl methyl sites for hydroxylation is 1. The molecular formula is C16H19ClN4O. The zero-order valence-electron chi connectivity index (χ0n) is 12.6. The molecule has 22 heavy (non-hydrogen) atoms. The summed E-state index contributed by atoms with van der Waals surface area (Å²) in [5.74, 6) is 1.18. The monoisotopic (exact) mass is 318 g/mol. The van der Waals surface area contributed by atoms with E-state index in [9.17, 15) is 0 Å². The molecule has 0 atom stereocenters. The van der Waals surface area contributed by atoms with Crippen LogP contribution in [-0.2, 0) is 0 Å². The summed E-state index contributed by atoms with van der Waals surface area (Å²) in [6, 6.07) is 1.97. The van der Waals surface area contributed by atoms with Gasteiger partial charge < -0.3 is 9.64 Å². The Kier molecular flexibility index (Phi) is 4.73. The minimum Gasteiger partial charge on any atom is -0.476 e. The van der Waals surface area contributed by atoms with Crippen molar-refractivity contribution >= 4 is 17.3 Å². The first kappa shape index (κ1) is 15.0. The molecule has 0 radical (unpaired) electrons. The minimum atomic E-state index is 0.540. The number of ether oxygens (including phenoxy) is 1. The highest BCUT2D eigenvalue weighted by Gasteiger charge is 2.21. The van der Waals surface area contributed by atoms with E-state index in [1.165, 1.54) is 0 Å². The summed E-state index contributed by atoms with van der Waals surface area (Å²) >= 11 is 6.21. The third kappa shape index (κ3) is 3.47. The number of piperidine rings is 1. The van der Waals surface area contributed by atoms with Crippen molar-refractivity contribution in [1.82, 2.24) is 15.0 Å². The van der Waals surface area contributed by atoms with Crippen LogP contribution in [-0.4, -0.2) is 34.6 Å². The number of hydrogen-bond donors (Lipinski definition) is 0. The average molecular weight is 319 g/mol. The normalized spacial score (nSPS) is 15.8. The van der Waals surface area contributed by atoms with Gasteiger partial charge >= 0.3 is 0 Å². The van der Waals surface area contributed by atoms with Crippen molar-refractivity contribution in [3.05, 3.63) is 41.6 Å². The van der Waals surface area contributed by atoms with Crippen LogP contribution in [0.1, 0.15) is 18.5 Å². The summed E-state index contributed by atoms with van der Waals surface area (Å²) in [6.45, 7) is 4.57. The van der Waals surface area contributed by atoms with Gasteiger partial charge in [-0.05, 0) is 31.7 Å². The van der Waals surface area contributed by atoms with Crippen LogP contribution in [0.3, 0.4) is 0 Å². The fourth-order valence-electron chi connectivity index (χ4n) is 2.70. The Labute approximate surface area is 135 Å². The summed E-state index contributed by atoms with van der Waals surface area (Å²) in [7, 11) is 0. The maximum absolute atomic E-state index is 6.21. The van der Waals surface area contributed by atoms with Gasteiger partial charge in [0, 0.05) is 37.9 Å². The Morgan fingerprint density at radius 3 is 2.73 bits per heavy atom. The molecule has 116 valence electrons. The molecular weight excluding hydrogens is 300 g/mol. The molecule has 1 saturated heterocycles. The molecule has 0 amide bonds. The summed E-state index contributed by atoms with van der Waals surface area (Å²) in [6.07, 6.45) is 8.99. The molecule has 0 bridgehead atoms. The second kappa shape index (κ2) is 6.92. The fraction of sp³-hybridized carbons (Fsp3) is 0.438. The number of nitrogens with zero attached hydrogens (tertiary/aromatic N) is 4. The molecule has 0 N–H and O–H groups in total. The first-order chi connectivity index (χ1) is 10.7. The van der Waals surface area contributed by atoms with E-state index in [-0.39, 0.29) is 0 Å². The van der Waals surface area contributed by atoms with Gasteiger partial charge in [-0.2, -0.15) is 0 Å². The van der Waals surface area contributed by atoms with Crippen molar-refractivity contribution in [3.63, 3.8) is 0 Å². The number of pyridine rings is 1. The molecule has 0 aromatic carbocycles. The first-order valence-corrected chi connectivity index (χ1v) is 7.86. The number of aromatic nitrogens is 3. The summed E-state index contributed by atoms with van der Waals surface area (Å²) in [5.41, 5.74) is 1.91. The first-order valence-electron chi connectivity index (χ1n) is 7.49. The van der Waals surface area contributed by atoms with Crippen LogP contribution in [0.25, 0.3) is 0 Å². The van der Waals surface area contributed by atoms with Gasteiger partial charge in [0.05, 0.1) is 23.0 Å². The van der Waals surface area contributed by atoms with Crippen LogP contribution in [0.15, 0.2) is 30.9 Å². The molecule has 1 aliphatic heterocycles. The van der Waals surface area contributed by atoms with Crippen LogP contribution < -0.4 is 9.64 Å². The number of anilines is 1. The standard InChI is InChI=1S/C16H19ClN4O/c1-12-16(20-7-6-19-12)22-11-13-3-8-21(9-4-13)15-2-5-18-10-14(15)17/h2,5-7,10,13H,3-4,8-9,11H2,1H3. The minimum absolute atomic E-state index is 0.540. The molecule has 1 aliphatic rings. The predicted octanol–water partition coefficient (Wildman–Crippen LogP) is 3.13. The molecule has 5 nitrogen and oxygen atoms in total. The summed E-state index contributed by atoms with van der Waals surface area (Å²) in [5, 5.41) is 0.715. The van der Waals surface area contributed by atoms with Gasteiger partial charge in [-0.15, -0.1) is 0 Å². The largest absolute Gasteiger partial charge is 0.476 e. The number of rotatable bonds is 4. The van der Waals surface area contributed by atoms with Crippen molar-refractivity contribution in [1.29, 1.82) is 0 Å². The Bertz CT molecular complexity index is 629. The van der Waals surface area contributed by atoms with Crippen molar-refractivity contribution in [3.8, 4) is 5.88 Å². The van der Waals surface area contributed by atoms with E-state index in [4.69, 9.17) is 16.3 Å². The number of halogens is 1. The van der Waals surface area contributed by atoms with E-state index in [0.717, 1.165) is 37.3 Å². The summed E-state index contributed by atoms with van der Waals surface area (Å²) < 4.78 is 5.81. The summed E-state index contributed by atoms with van der Waals surface area (Å²) in [4.78, 5) is 14.8. The van der Waals surface area contributed by atoms with Crippen molar-refractivity contribution < 1.29 is 4.74 Å². The molecule has 0 spiro atoms. The van der Waals surface area contributed by atoms with Gasteiger partial charge in [0.2, 0.25) is 5.88 Å². The third-order valence-corrected chi connectivity index (χ3v) is 4.29. The van der Waals surface area contributed by atoms with E-state index in [0.29, 0.717) is 23.4 Å². The molecule has 2 aromatic rings. The van der Waals surface area contributed by atoms with Crippen molar-refractivity contribution in [2.24, 2.45) is 5.92 Å². The van der Waals surface area contributed by atoms with Gasteiger partial charge in [0.1, 0.15) is 0 Å². The lowest BCUT2D eigenvalue weighted by Crippen LogP contribution is -2.35. The Morgan fingerprint density at radius 2 is 2.00 bits per heavy atom. The van der Waals surface area contributed by atoms with Crippen LogP contribution >= 0.6 is 11.6 Å². The van der Waals surface area contributed by atoms with Crippen LogP contribution in [0.2, 0.25) is 5.02 Å². The quantitative estimate of drug-likeness (QED) is 0.867. The van der Waals surface area contributed by atoms with Gasteiger partial charge in [0.15, 0.2) is 0 Å². The van der Waals surface area contributed by atoms with Gasteiger partial charge in [0.25, 0.3) is 0 Å². The predicted molar refractivity (Wildman–Crippen MR) is 86.4 cm³/mol. The van der Waals surface area contributed by atoms with E-state index in [1.54, 1.807) is 24.8 Å². The highest BCUT2D eigenvalue weighted by molar-refractivity contribution is 6.33. The Balaban J connectivity index is 1.52. The SMILES string of the molecule is Cc1nccnc1OCC1CCN(c2ccncc2Cl)CC1. The highest BCUT2D eigenvalue weighted by atomic mass is 35.5. The van der Waals surface area contributed by atoms with E-state index in [2.05, 4.69) is 19.9 Å². The lowest BCUT2D eigenvalue weighted by Gasteiger charge is -2.33. The number of hydrogen-bond acceptors (Lipinski definition) is 5. The lowest BCUT2D eigenvalue weighted by molar-refractivity contribution is 0.214. The van der Waals surface area contributed by atoms with Crippen molar-refractivity contribution in [2.45, 2.75) is 19.8 Å². The second-order valence-corrected chi connectivity index (χ2v) is 5.92. The van der Waals surface area contributed by atoms with Crippen molar-refractivity contribution in [2.75, 3.05) is 24.6 Å². The van der Waals surface area contributed by atoms with Gasteiger partial charge in [-0.3, -0.25) is 9.97 Å². The zero-order chi connectivity index (χ0) is 15.4. The van der Waals surface area contributed by atoms with Crippen LogP contribution in [0, 0.1) is 12.8 Å². The van der Waals surface area contributed by atoms with Gasteiger partial charge in [-0.25, -0.2) is 4.98 Å². The van der Waals surface area contributed by atoms with E-state index in [1.807, 2.05) is 13.0 Å². The Hall–Kier alpha value is -1.88. The molecule has 0 saturated carbocycles. The molecule has 0 unspecified atom stereocenters. The van der Waals surface area contributed by atoms with Gasteiger partial charge in [-0.1, -0.05) is 11.6 Å². The average Bonchev–Trinajstić information content (AvgIpc) is 2.55. The molecule has 2 aromatic heterocycles. The zero-order valence-corrected chi connectivity index (χ0v) is 13.3.